The molecule has 0 saturated carbocycles. The lowest BCUT2D eigenvalue weighted by molar-refractivity contribution is 0.470. The molecule has 0 spiro atoms. The molecule has 0 aliphatic carbocycles. The van der Waals surface area contributed by atoms with Crippen LogP contribution in [-0.4, -0.2) is 0 Å². The highest BCUT2D eigenvalue weighted by atomic mass is 14.4. The van der Waals surface area contributed by atoms with Gasteiger partial charge in [0.2, 0.25) is 0 Å². The van der Waals surface area contributed by atoms with Crippen LogP contribution < -0.4 is 0 Å². The molecule has 2 rings (SSSR count). The summed E-state index contributed by atoms with van der Waals surface area (Å²) in [4.78, 5) is 0. The Labute approximate surface area is 219 Å². The van der Waals surface area contributed by atoms with Gasteiger partial charge in [-0.2, -0.15) is 0 Å². The standard InChI is InChI=1S/C35H56/c1-17-23(24-20-18-19-21-26(24)31(2,3)4)25-22-27(32(5,6)7)29(34(11,12)13)30(35(14,15)16)28(25)33(8,9)10/h18-23H,17H2,1-16H3. The van der Waals surface area contributed by atoms with Gasteiger partial charge in [-0.3, -0.25) is 0 Å². The lowest BCUT2D eigenvalue weighted by atomic mass is 9.61. The second kappa shape index (κ2) is 9.39. The first-order valence-corrected chi connectivity index (χ1v) is 13.8. The smallest absolute Gasteiger partial charge is 0.00928 e. The largest absolute Gasteiger partial charge is 0.0645 e. The summed E-state index contributed by atoms with van der Waals surface area (Å²) >= 11 is 0. The first-order chi connectivity index (χ1) is 15.5. The van der Waals surface area contributed by atoms with Crippen LogP contribution in [0.15, 0.2) is 30.3 Å². The van der Waals surface area contributed by atoms with Crippen LogP contribution in [0.4, 0.5) is 0 Å². The number of hydrogen-bond acceptors (Lipinski definition) is 0. The summed E-state index contributed by atoms with van der Waals surface area (Å²) in [6.45, 7) is 38.4. The second-order valence-corrected chi connectivity index (χ2v) is 15.9. The Balaban J connectivity index is 3.24. The molecule has 0 heterocycles. The van der Waals surface area contributed by atoms with Gasteiger partial charge in [0.15, 0.2) is 0 Å². The number of hydrogen-bond donors (Lipinski definition) is 0. The van der Waals surface area contributed by atoms with E-state index in [1.165, 1.54) is 16.7 Å². The zero-order valence-electron chi connectivity index (χ0n) is 26.2. The van der Waals surface area contributed by atoms with Gasteiger partial charge in [0, 0.05) is 5.92 Å². The summed E-state index contributed by atoms with van der Waals surface area (Å²) in [5, 5.41) is 0. The van der Waals surface area contributed by atoms with E-state index in [-0.39, 0.29) is 27.1 Å². The number of rotatable bonds is 3. The first kappa shape index (κ1) is 29.7. The highest BCUT2D eigenvalue weighted by Crippen LogP contribution is 2.50. The highest BCUT2D eigenvalue weighted by Gasteiger charge is 2.39. The highest BCUT2D eigenvalue weighted by molar-refractivity contribution is 5.59. The molecule has 0 fully saturated rings. The van der Waals surface area contributed by atoms with Crippen LogP contribution in [0.5, 0.6) is 0 Å². The minimum Gasteiger partial charge on any atom is -0.0645 e. The molecule has 0 aliphatic rings. The summed E-state index contributed by atoms with van der Waals surface area (Å²) in [7, 11) is 0. The maximum absolute atomic E-state index is 2.63. The van der Waals surface area contributed by atoms with Crippen molar-refractivity contribution in [3.8, 4) is 0 Å². The van der Waals surface area contributed by atoms with Crippen molar-refractivity contribution in [2.24, 2.45) is 0 Å². The summed E-state index contributed by atoms with van der Waals surface area (Å²) in [5.41, 5.74) is 11.1. The van der Waals surface area contributed by atoms with Crippen molar-refractivity contribution in [3.05, 3.63) is 69.3 Å². The van der Waals surface area contributed by atoms with Crippen LogP contribution in [0, 0.1) is 0 Å². The first-order valence-electron chi connectivity index (χ1n) is 13.8. The summed E-state index contributed by atoms with van der Waals surface area (Å²) in [5.74, 6) is 0.371. The van der Waals surface area contributed by atoms with E-state index >= 15 is 0 Å². The molecule has 0 bridgehead atoms. The van der Waals surface area contributed by atoms with Gasteiger partial charge in [-0.1, -0.05) is 141 Å². The van der Waals surface area contributed by atoms with E-state index < -0.39 is 0 Å². The molecule has 0 N–H and O–H groups in total. The molecule has 0 radical (unpaired) electrons. The Morgan fingerprint density at radius 1 is 0.486 bits per heavy atom. The van der Waals surface area contributed by atoms with Crippen LogP contribution >= 0.6 is 0 Å². The minimum atomic E-state index is 0.0401. The SMILES string of the molecule is CCC(c1ccccc1C(C)(C)C)c1cc(C(C)(C)C)c(C(C)(C)C)c(C(C)(C)C)c1C(C)(C)C. The molecule has 0 nitrogen and oxygen atoms in total. The van der Waals surface area contributed by atoms with E-state index in [1.807, 2.05) is 0 Å². The molecule has 0 heteroatoms. The van der Waals surface area contributed by atoms with Crippen LogP contribution in [0.2, 0.25) is 0 Å². The molecule has 2 aromatic rings. The van der Waals surface area contributed by atoms with Gasteiger partial charge in [0.1, 0.15) is 0 Å². The van der Waals surface area contributed by atoms with Gasteiger partial charge in [-0.15, -0.1) is 0 Å². The van der Waals surface area contributed by atoms with Gasteiger partial charge < -0.3 is 0 Å². The van der Waals surface area contributed by atoms with E-state index in [1.54, 1.807) is 22.3 Å². The average Bonchev–Trinajstić information content (AvgIpc) is 2.64. The molecule has 1 atom stereocenters. The van der Waals surface area contributed by atoms with Crippen molar-refractivity contribution in [3.63, 3.8) is 0 Å². The molecule has 196 valence electrons. The Morgan fingerprint density at radius 2 is 0.914 bits per heavy atom. The van der Waals surface area contributed by atoms with Crippen molar-refractivity contribution in [2.75, 3.05) is 0 Å². The third kappa shape index (κ3) is 6.23. The van der Waals surface area contributed by atoms with E-state index in [0.29, 0.717) is 5.92 Å². The van der Waals surface area contributed by atoms with E-state index in [9.17, 15) is 0 Å². The normalized spacial score (nSPS) is 14.9. The van der Waals surface area contributed by atoms with Crippen LogP contribution in [0.3, 0.4) is 0 Å². The summed E-state index contributed by atoms with van der Waals surface area (Å²) in [6, 6.07) is 11.8. The molecular weight excluding hydrogens is 420 g/mol. The minimum absolute atomic E-state index is 0.0401. The van der Waals surface area contributed by atoms with Crippen molar-refractivity contribution in [2.45, 2.75) is 150 Å². The topological polar surface area (TPSA) is 0 Å². The third-order valence-electron chi connectivity index (χ3n) is 7.34. The van der Waals surface area contributed by atoms with Gasteiger partial charge in [0.05, 0.1) is 0 Å². The van der Waals surface area contributed by atoms with Crippen molar-refractivity contribution < 1.29 is 0 Å². The van der Waals surface area contributed by atoms with Gasteiger partial charge >= 0.3 is 0 Å². The fourth-order valence-corrected chi connectivity index (χ4v) is 6.00. The van der Waals surface area contributed by atoms with Crippen LogP contribution in [0.1, 0.15) is 162 Å². The average molecular weight is 477 g/mol. The van der Waals surface area contributed by atoms with Gasteiger partial charge in [-0.05, 0) is 72.4 Å². The number of benzene rings is 2. The molecule has 35 heavy (non-hydrogen) atoms. The Bertz CT molecular complexity index is 1030. The molecular formula is C35H56. The van der Waals surface area contributed by atoms with E-state index in [2.05, 4.69) is 141 Å². The Morgan fingerprint density at radius 3 is 1.29 bits per heavy atom. The predicted octanol–water partition coefficient (Wildman–Crippen LogP) is 10.7. The van der Waals surface area contributed by atoms with Gasteiger partial charge in [0.25, 0.3) is 0 Å². The fourth-order valence-electron chi connectivity index (χ4n) is 6.00. The lowest BCUT2D eigenvalue weighted by Gasteiger charge is -2.43. The van der Waals surface area contributed by atoms with Crippen molar-refractivity contribution in [1.29, 1.82) is 0 Å². The maximum Gasteiger partial charge on any atom is 0.00928 e. The molecule has 0 aromatic heterocycles. The van der Waals surface area contributed by atoms with E-state index in [4.69, 9.17) is 0 Å². The fraction of sp³-hybridized carbons (Fsp3) is 0.657. The van der Waals surface area contributed by atoms with Crippen LogP contribution in [-0.2, 0) is 27.1 Å². The lowest BCUT2D eigenvalue weighted by Crippen LogP contribution is -2.34. The molecule has 0 aliphatic heterocycles. The zero-order valence-corrected chi connectivity index (χ0v) is 26.2. The third-order valence-corrected chi connectivity index (χ3v) is 7.34. The molecule has 2 aromatic carbocycles. The van der Waals surface area contributed by atoms with Crippen molar-refractivity contribution in [1.82, 2.24) is 0 Å². The summed E-state index contributed by atoms with van der Waals surface area (Å²) < 4.78 is 0. The quantitative estimate of drug-likeness (QED) is 0.413. The monoisotopic (exact) mass is 476 g/mol. The second-order valence-electron chi connectivity index (χ2n) is 15.9. The van der Waals surface area contributed by atoms with E-state index in [0.717, 1.165) is 6.42 Å². The van der Waals surface area contributed by atoms with Gasteiger partial charge in [-0.25, -0.2) is 0 Å². The summed E-state index contributed by atoms with van der Waals surface area (Å²) in [6.07, 6.45) is 1.10. The Hall–Kier alpha value is -1.56. The molecule has 1 unspecified atom stereocenters. The predicted molar refractivity (Wildman–Crippen MR) is 159 cm³/mol. The molecule has 0 amide bonds. The molecule has 0 saturated heterocycles. The zero-order chi connectivity index (χ0) is 27.4. The van der Waals surface area contributed by atoms with Crippen molar-refractivity contribution >= 4 is 0 Å². The van der Waals surface area contributed by atoms with Crippen LogP contribution in [0.25, 0.3) is 0 Å². The maximum atomic E-state index is 2.63. The Kier molecular flexibility index (Phi) is 7.96.